The number of benzene rings is 2. The normalized spacial score (nSPS) is 24.5. The van der Waals surface area contributed by atoms with E-state index in [2.05, 4.69) is 31.9 Å². The number of esters is 1. The van der Waals surface area contributed by atoms with Crippen LogP contribution in [0.4, 0.5) is 5.69 Å². The van der Waals surface area contributed by atoms with Gasteiger partial charge in [0.25, 0.3) is 0 Å². The monoisotopic (exact) mass is 575 g/mol. The maximum absolute atomic E-state index is 12.9. The van der Waals surface area contributed by atoms with Crippen LogP contribution >= 0.6 is 31.9 Å². The summed E-state index contributed by atoms with van der Waals surface area (Å²) in [5.41, 5.74) is 3.23. The van der Waals surface area contributed by atoms with Gasteiger partial charge in [-0.15, -0.1) is 0 Å². The van der Waals surface area contributed by atoms with Gasteiger partial charge in [0, 0.05) is 15.2 Å². The number of carbonyl (C=O) groups excluding carboxylic acids is 4. The molecule has 4 atom stereocenters. The molecule has 2 aliphatic rings. The number of carbonyl (C=O) groups is 4. The first-order valence-corrected chi connectivity index (χ1v) is 12.5. The van der Waals surface area contributed by atoms with E-state index in [-0.39, 0.29) is 51.3 Å². The van der Waals surface area contributed by atoms with Gasteiger partial charge >= 0.3 is 5.97 Å². The molecule has 0 spiro atoms. The number of amides is 2. The van der Waals surface area contributed by atoms with Gasteiger partial charge in [-0.25, -0.2) is 4.79 Å². The first-order chi connectivity index (χ1) is 15.7. The minimum atomic E-state index is -0.643. The number of ether oxygens (including phenoxy) is 1. The number of ketones is 1. The molecule has 0 N–H and O–H groups in total. The van der Waals surface area contributed by atoms with Gasteiger partial charge in [0.2, 0.25) is 11.8 Å². The van der Waals surface area contributed by atoms with Gasteiger partial charge in [-0.3, -0.25) is 19.3 Å². The summed E-state index contributed by atoms with van der Waals surface area (Å²) in [7, 11) is 0. The van der Waals surface area contributed by atoms with Crippen LogP contribution in [0.25, 0.3) is 0 Å². The van der Waals surface area contributed by atoms with Crippen molar-refractivity contribution in [1.29, 1.82) is 0 Å². The Morgan fingerprint density at radius 1 is 0.879 bits per heavy atom. The molecule has 0 aromatic heterocycles. The Hall–Kier alpha value is -2.32. The number of nitrogens with zero attached hydrogens (tertiary/aromatic N) is 1. The van der Waals surface area contributed by atoms with E-state index in [4.69, 9.17) is 4.74 Å². The zero-order chi connectivity index (χ0) is 23.9. The van der Waals surface area contributed by atoms with E-state index < -0.39 is 5.97 Å². The fraction of sp³-hybridized carbons (Fsp3) is 0.360. The second-order valence-electron chi connectivity index (χ2n) is 8.57. The summed E-state index contributed by atoms with van der Waals surface area (Å²) in [6, 6.07) is 11.5. The van der Waals surface area contributed by atoms with Gasteiger partial charge in [-0.2, -0.15) is 0 Å². The number of alkyl halides is 2. The number of rotatable bonds is 5. The SMILES string of the molecule is Cc1ccc(C(=O)COC(=O)c2ccc(N3C(=O)[C@H]4C[C@@H](Br)[C@@H](Br)C[C@@H]4C3=O)cc2)cc1C. The first-order valence-electron chi connectivity index (χ1n) is 10.7. The number of fused-ring (bicyclic) bond motifs is 1. The van der Waals surface area contributed by atoms with Crippen LogP contribution in [0.3, 0.4) is 0 Å². The first kappa shape index (κ1) is 23.8. The summed E-state index contributed by atoms with van der Waals surface area (Å²) in [6.07, 6.45) is 1.20. The zero-order valence-electron chi connectivity index (χ0n) is 18.2. The summed E-state index contributed by atoms with van der Waals surface area (Å²) >= 11 is 7.16. The van der Waals surface area contributed by atoms with Crippen molar-refractivity contribution < 1.29 is 23.9 Å². The van der Waals surface area contributed by atoms with Crippen molar-refractivity contribution in [1.82, 2.24) is 0 Å². The number of halogens is 2. The molecule has 1 aliphatic heterocycles. The quantitative estimate of drug-likeness (QED) is 0.222. The zero-order valence-corrected chi connectivity index (χ0v) is 21.4. The van der Waals surface area contributed by atoms with Gasteiger partial charge < -0.3 is 4.74 Å². The lowest BCUT2D eigenvalue weighted by Gasteiger charge is -2.29. The molecule has 0 bridgehead atoms. The van der Waals surface area contributed by atoms with Crippen molar-refractivity contribution in [3.8, 4) is 0 Å². The topological polar surface area (TPSA) is 80.8 Å². The van der Waals surface area contributed by atoms with E-state index in [0.717, 1.165) is 11.1 Å². The lowest BCUT2D eigenvalue weighted by Crippen LogP contribution is -2.34. The highest BCUT2D eigenvalue weighted by Crippen LogP contribution is 2.44. The van der Waals surface area contributed by atoms with Crippen LogP contribution < -0.4 is 4.90 Å². The molecular weight excluding hydrogens is 554 g/mol. The third-order valence-electron chi connectivity index (χ3n) is 6.44. The maximum Gasteiger partial charge on any atom is 0.338 e. The van der Waals surface area contributed by atoms with E-state index in [1.165, 1.54) is 17.0 Å². The van der Waals surface area contributed by atoms with E-state index >= 15 is 0 Å². The molecule has 4 rings (SSSR count). The molecule has 8 heteroatoms. The van der Waals surface area contributed by atoms with Gasteiger partial charge in [0.15, 0.2) is 12.4 Å². The Morgan fingerprint density at radius 2 is 1.42 bits per heavy atom. The highest BCUT2D eigenvalue weighted by molar-refractivity contribution is 9.12. The molecule has 2 aromatic rings. The van der Waals surface area contributed by atoms with E-state index in [9.17, 15) is 19.2 Å². The summed E-state index contributed by atoms with van der Waals surface area (Å²) < 4.78 is 5.18. The largest absolute Gasteiger partial charge is 0.454 e. The second kappa shape index (κ2) is 9.50. The molecule has 172 valence electrons. The number of Topliss-reactive ketones (excluding diaryl/α,β-unsaturated/α-hetero) is 1. The Bertz CT molecular complexity index is 1100. The minimum Gasteiger partial charge on any atom is -0.454 e. The highest BCUT2D eigenvalue weighted by atomic mass is 79.9. The fourth-order valence-electron chi connectivity index (χ4n) is 4.31. The Morgan fingerprint density at radius 3 is 1.97 bits per heavy atom. The van der Waals surface area contributed by atoms with Crippen LogP contribution in [0.1, 0.15) is 44.7 Å². The predicted molar refractivity (Wildman–Crippen MR) is 131 cm³/mol. The Kier molecular flexibility index (Phi) is 6.86. The standard InChI is InChI=1S/C25H23Br2NO5/c1-13-3-4-16(9-14(13)2)22(29)12-33-25(32)15-5-7-17(8-6-15)28-23(30)18-10-20(26)21(27)11-19(18)24(28)31/h3-9,18-21H,10-12H2,1-2H3/t18-,19-,20-,21+/m0/s1. The van der Waals surface area contributed by atoms with Crippen molar-refractivity contribution in [3.05, 3.63) is 64.7 Å². The molecule has 2 aromatic carbocycles. The number of hydrogen-bond donors (Lipinski definition) is 0. The number of hydrogen-bond acceptors (Lipinski definition) is 5. The van der Waals surface area contributed by atoms with Crippen molar-refractivity contribution in [3.63, 3.8) is 0 Å². The van der Waals surface area contributed by atoms with Gasteiger partial charge in [-0.1, -0.05) is 44.0 Å². The predicted octanol–water partition coefficient (Wildman–Crippen LogP) is 4.77. The summed E-state index contributed by atoms with van der Waals surface area (Å²) in [5, 5.41) is 0. The van der Waals surface area contributed by atoms with Crippen LogP contribution in [0, 0.1) is 25.7 Å². The van der Waals surface area contributed by atoms with Crippen molar-refractivity contribution >= 4 is 61.1 Å². The average molecular weight is 577 g/mol. The molecule has 1 saturated heterocycles. The summed E-state index contributed by atoms with van der Waals surface area (Å²) in [4.78, 5) is 52.1. The third-order valence-corrected chi connectivity index (χ3v) is 9.17. The lowest BCUT2D eigenvalue weighted by molar-refractivity contribution is -0.122. The number of anilines is 1. The Balaban J connectivity index is 1.41. The van der Waals surface area contributed by atoms with Gasteiger partial charge in [0.1, 0.15) is 0 Å². The second-order valence-corrected chi connectivity index (χ2v) is 10.9. The van der Waals surface area contributed by atoms with Crippen LogP contribution in [-0.2, 0) is 14.3 Å². The third kappa shape index (κ3) is 4.68. The van der Waals surface area contributed by atoms with Crippen LogP contribution in [0.15, 0.2) is 42.5 Å². The van der Waals surface area contributed by atoms with Gasteiger partial charge in [0.05, 0.1) is 23.1 Å². The highest BCUT2D eigenvalue weighted by Gasteiger charge is 2.52. The smallest absolute Gasteiger partial charge is 0.338 e. The summed E-state index contributed by atoms with van der Waals surface area (Å²) in [5.74, 6) is -2.01. The van der Waals surface area contributed by atoms with E-state index in [1.54, 1.807) is 24.3 Å². The molecule has 1 saturated carbocycles. The molecule has 6 nitrogen and oxygen atoms in total. The number of imide groups is 1. The Labute approximate surface area is 208 Å². The lowest BCUT2D eigenvalue weighted by atomic mass is 9.81. The van der Waals surface area contributed by atoms with E-state index in [0.29, 0.717) is 24.1 Å². The molecule has 0 unspecified atom stereocenters. The average Bonchev–Trinajstić information content (AvgIpc) is 3.03. The molecular formula is C25H23Br2NO5. The molecule has 2 fully saturated rings. The fourth-order valence-corrected chi connectivity index (χ4v) is 5.55. The van der Waals surface area contributed by atoms with Crippen molar-refractivity contribution in [2.24, 2.45) is 11.8 Å². The van der Waals surface area contributed by atoms with Crippen molar-refractivity contribution in [2.75, 3.05) is 11.5 Å². The summed E-state index contributed by atoms with van der Waals surface area (Å²) in [6.45, 7) is 3.51. The molecule has 1 heterocycles. The van der Waals surface area contributed by atoms with E-state index in [1.807, 2.05) is 19.9 Å². The molecule has 1 aliphatic carbocycles. The molecule has 0 radical (unpaired) electrons. The van der Waals surface area contributed by atoms with Crippen LogP contribution in [0.5, 0.6) is 0 Å². The maximum atomic E-state index is 12.9. The molecule has 33 heavy (non-hydrogen) atoms. The number of aryl methyl sites for hydroxylation is 2. The van der Waals surface area contributed by atoms with Crippen LogP contribution in [0.2, 0.25) is 0 Å². The minimum absolute atomic E-state index is 0.138. The molecule has 2 amide bonds. The van der Waals surface area contributed by atoms with Crippen molar-refractivity contribution in [2.45, 2.75) is 36.3 Å². The van der Waals surface area contributed by atoms with Crippen LogP contribution in [-0.4, -0.2) is 39.8 Å². The van der Waals surface area contributed by atoms with Gasteiger partial charge in [-0.05, 0) is 68.1 Å².